The van der Waals surface area contributed by atoms with Crippen LogP contribution in [0, 0.1) is 0 Å². The molecule has 0 fully saturated rings. The summed E-state index contributed by atoms with van der Waals surface area (Å²) in [5.74, 6) is 1.17. The molecule has 11 heteroatoms. The Hall–Kier alpha value is -5.29. The number of nitrogens with one attached hydrogen (secondary N) is 3. The molecule has 3 aromatic carbocycles. The fourth-order valence-electron chi connectivity index (χ4n) is 3.40. The summed E-state index contributed by atoms with van der Waals surface area (Å²) in [5.41, 5.74) is 5.21. The van der Waals surface area contributed by atoms with Crippen LogP contribution in [-0.4, -0.2) is 34.2 Å². The first-order chi connectivity index (χ1) is 19.2. The average Bonchev–Trinajstić information content (AvgIpc) is 3.50. The lowest BCUT2D eigenvalue weighted by Gasteiger charge is -2.10. The Kier molecular flexibility index (Phi) is 8.00. The number of anilines is 5. The fourth-order valence-corrected chi connectivity index (χ4v) is 4.00. The highest BCUT2D eigenvalue weighted by Crippen LogP contribution is 2.29. The number of thiophene rings is 1. The summed E-state index contributed by atoms with van der Waals surface area (Å²) < 4.78 is 10.9. The smallest absolute Gasteiger partial charge is 0.353 e. The quantitative estimate of drug-likeness (QED) is 0.0840. The summed E-state index contributed by atoms with van der Waals surface area (Å²) in [6.07, 6.45) is 1.58. The number of ether oxygens (including phenoxy) is 2. The monoisotopic (exact) mass is 537 g/mol. The Morgan fingerprint density at radius 3 is 2.03 bits per heavy atom. The van der Waals surface area contributed by atoms with E-state index in [4.69, 9.17) is 9.47 Å². The van der Waals surface area contributed by atoms with E-state index in [9.17, 15) is 4.79 Å². The van der Waals surface area contributed by atoms with Crippen LogP contribution in [0.25, 0.3) is 0 Å². The number of para-hydroxylation sites is 2. The molecule has 3 N–H and O–H groups in total. The second kappa shape index (κ2) is 12.3. The van der Waals surface area contributed by atoms with E-state index < -0.39 is 5.97 Å². The predicted molar refractivity (Wildman–Crippen MR) is 153 cm³/mol. The molecular weight excluding hydrogens is 514 g/mol. The Labute approximate surface area is 228 Å². The highest BCUT2D eigenvalue weighted by atomic mass is 32.1. The molecule has 0 saturated heterocycles. The van der Waals surface area contributed by atoms with Crippen molar-refractivity contribution >= 4 is 52.7 Å². The minimum atomic E-state index is -0.443. The molecule has 2 heterocycles. The van der Waals surface area contributed by atoms with E-state index in [1.807, 2.05) is 66.0 Å². The van der Waals surface area contributed by atoms with Gasteiger partial charge in [-0.25, -0.2) is 10.2 Å². The van der Waals surface area contributed by atoms with Crippen molar-refractivity contribution in [3.63, 3.8) is 0 Å². The van der Waals surface area contributed by atoms with Crippen LogP contribution < -0.4 is 25.5 Å². The van der Waals surface area contributed by atoms with Crippen molar-refractivity contribution in [2.24, 2.45) is 5.10 Å². The van der Waals surface area contributed by atoms with Crippen LogP contribution in [0.1, 0.15) is 15.2 Å². The Morgan fingerprint density at radius 2 is 1.44 bits per heavy atom. The average molecular weight is 538 g/mol. The number of hydrazone groups is 1. The molecule has 0 aliphatic rings. The van der Waals surface area contributed by atoms with Gasteiger partial charge in [0.1, 0.15) is 4.88 Å². The van der Waals surface area contributed by atoms with E-state index in [0.717, 1.165) is 11.4 Å². The van der Waals surface area contributed by atoms with Gasteiger partial charge in [-0.1, -0.05) is 42.5 Å². The van der Waals surface area contributed by atoms with Crippen molar-refractivity contribution in [2.45, 2.75) is 0 Å². The molecule has 2 aromatic heterocycles. The molecule has 0 atom stereocenters. The number of methoxy groups -OCH3 is 1. The number of benzene rings is 3. The van der Waals surface area contributed by atoms with Crippen molar-refractivity contribution in [3.8, 4) is 11.5 Å². The molecule has 194 valence electrons. The summed E-state index contributed by atoms with van der Waals surface area (Å²) in [6.45, 7) is 0. The van der Waals surface area contributed by atoms with Crippen LogP contribution in [0.15, 0.2) is 101 Å². The number of rotatable bonds is 10. The lowest BCUT2D eigenvalue weighted by atomic mass is 10.2. The van der Waals surface area contributed by atoms with E-state index >= 15 is 0 Å². The van der Waals surface area contributed by atoms with Gasteiger partial charge in [-0.15, -0.1) is 11.3 Å². The Morgan fingerprint density at radius 1 is 0.795 bits per heavy atom. The molecule has 0 radical (unpaired) electrons. The Bertz CT molecular complexity index is 1500. The summed E-state index contributed by atoms with van der Waals surface area (Å²) in [6, 6.07) is 27.8. The maximum atomic E-state index is 12.3. The summed E-state index contributed by atoms with van der Waals surface area (Å²) >= 11 is 1.31. The molecule has 39 heavy (non-hydrogen) atoms. The number of hydrogen-bond acceptors (Lipinski definition) is 11. The van der Waals surface area contributed by atoms with Crippen LogP contribution in [0.2, 0.25) is 0 Å². The molecule has 5 rings (SSSR count). The minimum absolute atomic E-state index is 0.228. The Balaban J connectivity index is 1.32. The first-order valence-electron chi connectivity index (χ1n) is 11.8. The van der Waals surface area contributed by atoms with Gasteiger partial charge in [0.15, 0.2) is 11.5 Å². The van der Waals surface area contributed by atoms with Gasteiger partial charge >= 0.3 is 5.97 Å². The lowest BCUT2D eigenvalue weighted by molar-refractivity contribution is 0.0735. The molecule has 10 nitrogen and oxygen atoms in total. The molecule has 0 aliphatic heterocycles. The van der Waals surface area contributed by atoms with Crippen molar-refractivity contribution in [3.05, 3.63) is 107 Å². The molecular formula is C28H23N7O3S. The zero-order valence-corrected chi connectivity index (χ0v) is 21.6. The normalized spacial score (nSPS) is 10.7. The standard InChI is InChI=1S/C28H23N7O3S/c1-37-23-17-19(14-15-22(23)38-25(36)24-13-8-16-39-24)18-29-35-28-33-26(30-20-9-4-2-5-10-20)32-27(34-28)31-21-11-6-3-7-12-21/h2-18H,1H3,(H3,30,31,32,33,34,35)/b29-18-. The first-order valence-corrected chi connectivity index (χ1v) is 12.7. The number of hydrogen-bond donors (Lipinski definition) is 3. The molecule has 0 aliphatic carbocycles. The van der Waals surface area contributed by atoms with Crippen LogP contribution in [0.4, 0.5) is 29.2 Å². The second-order valence-electron chi connectivity index (χ2n) is 7.94. The minimum Gasteiger partial charge on any atom is -0.493 e. The number of aromatic nitrogens is 3. The van der Waals surface area contributed by atoms with Crippen LogP contribution >= 0.6 is 11.3 Å². The number of nitrogens with zero attached hydrogens (tertiary/aromatic N) is 4. The predicted octanol–water partition coefficient (Wildman–Crippen LogP) is 6.09. The third-order valence-corrected chi connectivity index (χ3v) is 6.04. The van der Waals surface area contributed by atoms with Crippen LogP contribution in [0.5, 0.6) is 11.5 Å². The van der Waals surface area contributed by atoms with Crippen molar-refractivity contribution in [1.29, 1.82) is 0 Å². The maximum Gasteiger partial charge on any atom is 0.353 e. The van der Waals surface area contributed by atoms with E-state index in [-0.39, 0.29) is 5.95 Å². The van der Waals surface area contributed by atoms with Crippen LogP contribution in [0.3, 0.4) is 0 Å². The highest BCUT2D eigenvalue weighted by Gasteiger charge is 2.13. The van der Waals surface area contributed by atoms with E-state index in [2.05, 4.69) is 36.1 Å². The third-order valence-electron chi connectivity index (χ3n) is 5.19. The molecule has 0 bridgehead atoms. The van der Waals surface area contributed by atoms with Gasteiger partial charge in [-0.05, 0) is 59.5 Å². The van der Waals surface area contributed by atoms with E-state index in [0.29, 0.717) is 33.8 Å². The van der Waals surface area contributed by atoms with Gasteiger partial charge in [0.25, 0.3) is 0 Å². The van der Waals surface area contributed by atoms with Gasteiger partial charge in [-0.2, -0.15) is 20.1 Å². The van der Waals surface area contributed by atoms with Gasteiger partial charge in [0, 0.05) is 11.4 Å². The topological polar surface area (TPSA) is 123 Å². The number of esters is 1. The molecule has 0 amide bonds. The van der Waals surface area contributed by atoms with Crippen molar-refractivity contribution in [2.75, 3.05) is 23.2 Å². The second-order valence-corrected chi connectivity index (χ2v) is 8.88. The summed E-state index contributed by atoms with van der Waals surface area (Å²) in [5, 5.41) is 12.4. The molecule has 5 aromatic rings. The largest absolute Gasteiger partial charge is 0.493 e. The van der Waals surface area contributed by atoms with E-state index in [1.165, 1.54) is 18.4 Å². The summed E-state index contributed by atoms with van der Waals surface area (Å²) in [4.78, 5) is 26.1. The zero-order valence-electron chi connectivity index (χ0n) is 20.7. The van der Waals surface area contributed by atoms with Gasteiger partial charge in [0.2, 0.25) is 17.8 Å². The SMILES string of the molecule is COc1cc(/C=N\Nc2nc(Nc3ccccc3)nc(Nc3ccccc3)n2)ccc1OC(=O)c1cccs1. The molecule has 0 saturated carbocycles. The highest BCUT2D eigenvalue weighted by molar-refractivity contribution is 7.12. The van der Waals surface area contributed by atoms with Gasteiger partial charge in [-0.3, -0.25) is 0 Å². The van der Waals surface area contributed by atoms with Crippen molar-refractivity contribution in [1.82, 2.24) is 15.0 Å². The molecule has 0 unspecified atom stereocenters. The zero-order chi connectivity index (χ0) is 26.9. The van der Waals surface area contributed by atoms with Gasteiger partial charge in [0.05, 0.1) is 13.3 Å². The summed E-state index contributed by atoms with van der Waals surface area (Å²) in [7, 11) is 1.50. The molecule has 0 spiro atoms. The maximum absolute atomic E-state index is 12.3. The van der Waals surface area contributed by atoms with Gasteiger partial charge < -0.3 is 20.1 Å². The third kappa shape index (κ3) is 6.93. The lowest BCUT2D eigenvalue weighted by Crippen LogP contribution is -2.08. The van der Waals surface area contributed by atoms with E-state index in [1.54, 1.807) is 36.5 Å². The number of carbonyl (C=O) groups excluding carboxylic acids is 1. The first kappa shape index (κ1) is 25.4. The van der Waals surface area contributed by atoms with Crippen molar-refractivity contribution < 1.29 is 14.3 Å². The van der Waals surface area contributed by atoms with Crippen LogP contribution in [-0.2, 0) is 0 Å². The number of carbonyl (C=O) groups is 1. The fraction of sp³-hybridized carbons (Fsp3) is 0.0357.